The summed E-state index contributed by atoms with van der Waals surface area (Å²) in [6, 6.07) is 13.9. The summed E-state index contributed by atoms with van der Waals surface area (Å²) in [5.41, 5.74) is 3.02. The van der Waals surface area contributed by atoms with Gasteiger partial charge in [-0.05, 0) is 49.1 Å². The first-order chi connectivity index (χ1) is 10.1. The van der Waals surface area contributed by atoms with Crippen LogP contribution in [0.1, 0.15) is 28.8 Å². The van der Waals surface area contributed by atoms with Gasteiger partial charge >= 0.3 is 0 Å². The average molecular weight is 409 g/mol. The Balaban J connectivity index is 2.01. The smallest absolute Gasteiger partial charge is 0.258 e. The SMILES string of the molecule is O=C(c1cc(Br)cc(Br)c1)N1CCCCc2ccccc21. The minimum atomic E-state index is 0.0614. The van der Waals surface area contributed by atoms with Crippen LogP contribution in [0.2, 0.25) is 0 Å². The van der Waals surface area contributed by atoms with Crippen molar-refractivity contribution in [2.75, 3.05) is 11.4 Å². The number of carbonyl (C=O) groups excluding carboxylic acids is 1. The maximum atomic E-state index is 12.9. The van der Waals surface area contributed by atoms with Crippen molar-refractivity contribution in [2.24, 2.45) is 0 Å². The van der Waals surface area contributed by atoms with Gasteiger partial charge in [-0.15, -0.1) is 0 Å². The van der Waals surface area contributed by atoms with Crippen molar-refractivity contribution in [3.63, 3.8) is 0 Å². The number of fused-ring (bicyclic) bond motifs is 1. The molecule has 0 N–H and O–H groups in total. The Kier molecular flexibility index (Phi) is 4.45. The molecule has 0 radical (unpaired) electrons. The third-order valence-corrected chi connectivity index (χ3v) is 4.63. The maximum absolute atomic E-state index is 12.9. The van der Waals surface area contributed by atoms with E-state index in [1.165, 1.54) is 5.56 Å². The predicted octanol–water partition coefficient (Wildman–Crippen LogP) is 5.19. The lowest BCUT2D eigenvalue weighted by atomic mass is 10.1. The highest BCUT2D eigenvalue weighted by atomic mass is 79.9. The van der Waals surface area contributed by atoms with E-state index in [-0.39, 0.29) is 5.91 Å². The van der Waals surface area contributed by atoms with Crippen LogP contribution in [0.15, 0.2) is 51.4 Å². The van der Waals surface area contributed by atoms with Crippen molar-refractivity contribution in [1.29, 1.82) is 0 Å². The normalized spacial score (nSPS) is 14.5. The van der Waals surface area contributed by atoms with Gasteiger partial charge in [0.05, 0.1) is 0 Å². The molecule has 2 aromatic carbocycles. The fraction of sp³-hybridized carbons (Fsp3) is 0.235. The number of halogens is 2. The number of hydrogen-bond donors (Lipinski definition) is 0. The van der Waals surface area contributed by atoms with Crippen LogP contribution in [0.25, 0.3) is 0 Å². The number of carbonyl (C=O) groups is 1. The quantitative estimate of drug-likeness (QED) is 0.635. The molecule has 1 aliphatic rings. The molecular weight excluding hydrogens is 394 g/mol. The minimum Gasteiger partial charge on any atom is -0.308 e. The third-order valence-electron chi connectivity index (χ3n) is 3.71. The maximum Gasteiger partial charge on any atom is 0.258 e. The van der Waals surface area contributed by atoms with Gasteiger partial charge in [-0.25, -0.2) is 0 Å². The standard InChI is InChI=1S/C17H15Br2NO/c18-14-9-13(10-15(19)11-14)17(21)20-8-4-3-6-12-5-1-2-7-16(12)20/h1-2,5,7,9-11H,3-4,6,8H2. The molecule has 0 bridgehead atoms. The van der Waals surface area contributed by atoms with E-state index in [2.05, 4.69) is 37.9 Å². The van der Waals surface area contributed by atoms with Crippen molar-refractivity contribution < 1.29 is 4.79 Å². The molecule has 0 atom stereocenters. The Morgan fingerprint density at radius 2 is 1.71 bits per heavy atom. The predicted molar refractivity (Wildman–Crippen MR) is 92.9 cm³/mol. The zero-order chi connectivity index (χ0) is 14.8. The van der Waals surface area contributed by atoms with Crippen molar-refractivity contribution in [3.05, 3.63) is 62.5 Å². The van der Waals surface area contributed by atoms with Gasteiger partial charge in [0, 0.05) is 26.7 Å². The first-order valence-electron chi connectivity index (χ1n) is 7.01. The molecule has 108 valence electrons. The lowest BCUT2D eigenvalue weighted by Gasteiger charge is -2.23. The van der Waals surface area contributed by atoms with Crippen LogP contribution in [-0.4, -0.2) is 12.5 Å². The zero-order valence-corrected chi connectivity index (χ0v) is 14.7. The van der Waals surface area contributed by atoms with E-state index in [9.17, 15) is 4.79 Å². The van der Waals surface area contributed by atoms with Crippen LogP contribution >= 0.6 is 31.9 Å². The summed E-state index contributed by atoms with van der Waals surface area (Å²) in [6.45, 7) is 0.778. The molecule has 0 aromatic heterocycles. The molecule has 0 fully saturated rings. The van der Waals surface area contributed by atoms with Crippen LogP contribution < -0.4 is 4.90 Å². The number of hydrogen-bond acceptors (Lipinski definition) is 1. The van der Waals surface area contributed by atoms with Crippen molar-refractivity contribution in [1.82, 2.24) is 0 Å². The molecule has 0 aliphatic carbocycles. The highest BCUT2D eigenvalue weighted by Gasteiger charge is 2.22. The first-order valence-corrected chi connectivity index (χ1v) is 8.59. The van der Waals surface area contributed by atoms with E-state index < -0.39 is 0 Å². The van der Waals surface area contributed by atoms with Gasteiger partial charge in [-0.2, -0.15) is 0 Å². The van der Waals surface area contributed by atoms with E-state index in [4.69, 9.17) is 0 Å². The first kappa shape index (κ1) is 14.8. The number of nitrogens with zero attached hydrogens (tertiary/aromatic N) is 1. The summed E-state index contributed by atoms with van der Waals surface area (Å²) in [4.78, 5) is 14.8. The van der Waals surface area contributed by atoms with E-state index in [0.717, 1.165) is 40.4 Å². The Labute approximate surface area is 141 Å². The number of anilines is 1. The summed E-state index contributed by atoms with van der Waals surface area (Å²) in [6.07, 6.45) is 3.21. The third kappa shape index (κ3) is 3.22. The molecule has 0 spiro atoms. The molecule has 1 aliphatic heterocycles. The fourth-order valence-electron chi connectivity index (χ4n) is 2.74. The number of rotatable bonds is 1. The summed E-state index contributed by atoms with van der Waals surface area (Å²) < 4.78 is 1.81. The lowest BCUT2D eigenvalue weighted by molar-refractivity contribution is 0.0987. The molecule has 4 heteroatoms. The molecule has 0 saturated carbocycles. The molecule has 1 amide bonds. The van der Waals surface area contributed by atoms with Crippen LogP contribution in [0.4, 0.5) is 5.69 Å². The van der Waals surface area contributed by atoms with Crippen LogP contribution in [0.5, 0.6) is 0 Å². The van der Waals surface area contributed by atoms with Crippen molar-refractivity contribution >= 4 is 43.5 Å². The topological polar surface area (TPSA) is 20.3 Å². The highest BCUT2D eigenvalue weighted by Crippen LogP contribution is 2.29. The monoisotopic (exact) mass is 407 g/mol. The Morgan fingerprint density at radius 1 is 1.00 bits per heavy atom. The van der Waals surface area contributed by atoms with Gasteiger partial charge in [0.25, 0.3) is 5.91 Å². The van der Waals surface area contributed by atoms with Gasteiger partial charge in [0.2, 0.25) is 0 Å². The van der Waals surface area contributed by atoms with Gasteiger partial charge < -0.3 is 4.90 Å². The largest absolute Gasteiger partial charge is 0.308 e. The number of para-hydroxylation sites is 1. The van der Waals surface area contributed by atoms with Crippen LogP contribution in [0, 0.1) is 0 Å². The van der Waals surface area contributed by atoms with Crippen molar-refractivity contribution in [3.8, 4) is 0 Å². The zero-order valence-electron chi connectivity index (χ0n) is 11.5. The Hall–Kier alpha value is -1.13. The average Bonchev–Trinajstić information content (AvgIpc) is 2.68. The summed E-state index contributed by atoms with van der Waals surface area (Å²) in [5.74, 6) is 0.0614. The molecule has 0 unspecified atom stereocenters. The van der Waals surface area contributed by atoms with Gasteiger partial charge in [0.15, 0.2) is 0 Å². The summed E-state index contributed by atoms with van der Waals surface area (Å²) >= 11 is 6.90. The molecule has 21 heavy (non-hydrogen) atoms. The minimum absolute atomic E-state index is 0.0614. The van der Waals surface area contributed by atoms with E-state index in [1.807, 2.05) is 41.3 Å². The molecule has 2 nitrogen and oxygen atoms in total. The lowest BCUT2D eigenvalue weighted by Crippen LogP contribution is -2.31. The van der Waals surface area contributed by atoms with E-state index in [0.29, 0.717) is 5.56 Å². The van der Waals surface area contributed by atoms with Gasteiger partial charge in [0.1, 0.15) is 0 Å². The second-order valence-corrected chi connectivity index (χ2v) is 7.03. The second-order valence-electron chi connectivity index (χ2n) is 5.20. The van der Waals surface area contributed by atoms with Gasteiger partial charge in [-0.3, -0.25) is 4.79 Å². The molecule has 3 rings (SSSR count). The molecule has 2 aromatic rings. The van der Waals surface area contributed by atoms with Crippen LogP contribution in [-0.2, 0) is 6.42 Å². The number of aryl methyl sites for hydroxylation is 1. The summed E-state index contributed by atoms with van der Waals surface area (Å²) in [7, 11) is 0. The van der Waals surface area contributed by atoms with E-state index in [1.54, 1.807) is 0 Å². The number of benzene rings is 2. The molecule has 0 saturated heterocycles. The van der Waals surface area contributed by atoms with E-state index >= 15 is 0 Å². The van der Waals surface area contributed by atoms with Gasteiger partial charge in [-0.1, -0.05) is 50.1 Å². The fourth-order valence-corrected chi connectivity index (χ4v) is 4.03. The number of amides is 1. The van der Waals surface area contributed by atoms with Crippen molar-refractivity contribution in [2.45, 2.75) is 19.3 Å². The Morgan fingerprint density at radius 3 is 2.48 bits per heavy atom. The Bertz CT molecular complexity index is 664. The molecule has 1 heterocycles. The second kappa shape index (κ2) is 6.32. The van der Waals surface area contributed by atoms with Crippen LogP contribution in [0.3, 0.4) is 0 Å². The molecular formula is C17H15Br2NO. The summed E-state index contributed by atoms with van der Waals surface area (Å²) in [5, 5.41) is 0. The highest BCUT2D eigenvalue weighted by molar-refractivity contribution is 9.11.